The van der Waals surface area contributed by atoms with Crippen LogP contribution in [0.1, 0.15) is 46.1 Å². The number of nitrogens with zero attached hydrogens (tertiary/aromatic N) is 3. The van der Waals surface area contributed by atoms with E-state index in [4.69, 9.17) is 5.11 Å². The molecule has 2 heterocycles. The molecule has 0 saturated carbocycles. The third-order valence-corrected chi connectivity index (χ3v) is 5.34. The molecule has 1 atom stereocenters. The summed E-state index contributed by atoms with van der Waals surface area (Å²) in [6, 6.07) is 3.88. The third kappa shape index (κ3) is 4.83. The van der Waals surface area contributed by atoms with Gasteiger partial charge >= 0.3 is 6.03 Å². The highest BCUT2D eigenvalue weighted by Gasteiger charge is 2.21. The Labute approximate surface area is 153 Å². The number of urea groups is 1. The summed E-state index contributed by atoms with van der Waals surface area (Å²) >= 11 is 1.69. The number of nitrogens with one attached hydrogen (secondary N) is 1. The fourth-order valence-electron chi connectivity index (χ4n) is 3.04. The number of aryl methyl sites for hydroxylation is 3. The Hall–Kier alpha value is -1.86. The van der Waals surface area contributed by atoms with Crippen molar-refractivity contribution in [1.29, 1.82) is 0 Å². The van der Waals surface area contributed by atoms with Gasteiger partial charge in [-0.25, -0.2) is 4.79 Å². The van der Waals surface area contributed by atoms with Crippen LogP contribution in [0.2, 0.25) is 0 Å². The zero-order valence-corrected chi connectivity index (χ0v) is 16.5. The summed E-state index contributed by atoms with van der Waals surface area (Å²) in [5.41, 5.74) is 3.05. The molecule has 0 saturated heterocycles. The molecule has 0 spiro atoms. The predicted molar refractivity (Wildman–Crippen MR) is 101 cm³/mol. The first-order valence-electron chi connectivity index (χ1n) is 8.55. The minimum atomic E-state index is -0.122. The van der Waals surface area contributed by atoms with Crippen molar-refractivity contribution in [3.8, 4) is 0 Å². The van der Waals surface area contributed by atoms with Crippen LogP contribution in [0.3, 0.4) is 0 Å². The number of aliphatic hydroxyl groups excluding tert-OH is 1. The Morgan fingerprint density at radius 2 is 2.12 bits per heavy atom. The number of carbonyl (C=O) groups is 1. The number of hydrogen-bond donors (Lipinski definition) is 2. The summed E-state index contributed by atoms with van der Waals surface area (Å²) in [4.78, 5) is 16.9. The molecule has 0 aliphatic heterocycles. The van der Waals surface area contributed by atoms with E-state index in [1.54, 1.807) is 16.2 Å². The van der Waals surface area contributed by atoms with E-state index in [2.05, 4.69) is 29.5 Å². The van der Waals surface area contributed by atoms with E-state index >= 15 is 0 Å². The van der Waals surface area contributed by atoms with E-state index in [1.165, 1.54) is 4.88 Å². The summed E-state index contributed by atoms with van der Waals surface area (Å²) < 4.78 is 1.84. The molecule has 2 rings (SSSR count). The minimum Gasteiger partial charge on any atom is -0.396 e. The van der Waals surface area contributed by atoms with Gasteiger partial charge in [0.1, 0.15) is 0 Å². The van der Waals surface area contributed by atoms with Crippen LogP contribution in [0.4, 0.5) is 4.79 Å². The van der Waals surface area contributed by atoms with Gasteiger partial charge in [-0.1, -0.05) is 0 Å². The largest absolute Gasteiger partial charge is 0.396 e. The first kappa shape index (κ1) is 19.5. The maximum atomic E-state index is 12.8. The second-order valence-corrected chi connectivity index (χ2v) is 7.76. The Bertz CT molecular complexity index is 723. The van der Waals surface area contributed by atoms with Crippen molar-refractivity contribution in [2.75, 3.05) is 13.2 Å². The zero-order valence-electron chi connectivity index (χ0n) is 15.7. The number of amides is 2. The Balaban J connectivity index is 2.09. The minimum absolute atomic E-state index is 0.0730. The van der Waals surface area contributed by atoms with Gasteiger partial charge in [0.2, 0.25) is 0 Å². The Kier molecular flexibility index (Phi) is 6.61. The van der Waals surface area contributed by atoms with Crippen LogP contribution >= 0.6 is 11.3 Å². The quantitative estimate of drug-likeness (QED) is 0.793. The molecule has 0 aromatic carbocycles. The molecule has 7 heteroatoms. The van der Waals surface area contributed by atoms with Gasteiger partial charge in [0.05, 0.1) is 18.3 Å². The van der Waals surface area contributed by atoms with E-state index in [0.29, 0.717) is 19.5 Å². The summed E-state index contributed by atoms with van der Waals surface area (Å²) in [6.07, 6.45) is 0.567. The lowest BCUT2D eigenvalue weighted by atomic mass is 10.1. The molecular formula is C18H28N4O2S. The lowest BCUT2D eigenvalue weighted by Crippen LogP contribution is -2.41. The van der Waals surface area contributed by atoms with Crippen molar-refractivity contribution in [3.63, 3.8) is 0 Å². The molecule has 138 valence electrons. The average Bonchev–Trinajstić information content (AvgIpc) is 3.06. The van der Waals surface area contributed by atoms with E-state index in [0.717, 1.165) is 21.8 Å². The average molecular weight is 365 g/mol. The van der Waals surface area contributed by atoms with E-state index < -0.39 is 0 Å². The number of rotatable bonds is 7. The summed E-state index contributed by atoms with van der Waals surface area (Å²) in [7, 11) is 1.91. The van der Waals surface area contributed by atoms with Crippen LogP contribution in [-0.2, 0) is 13.6 Å². The molecule has 2 aromatic rings. The Morgan fingerprint density at radius 1 is 1.40 bits per heavy atom. The number of thiophene rings is 1. The van der Waals surface area contributed by atoms with E-state index in [1.807, 2.05) is 32.5 Å². The lowest BCUT2D eigenvalue weighted by Gasteiger charge is -2.25. The first-order chi connectivity index (χ1) is 11.8. The van der Waals surface area contributed by atoms with Gasteiger partial charge in [0.25, 0.3) is 0 Å². The van der Waals surface area contributed by atoms with E-state index in [9.17, 15) is 4.79 Å². The van der Waals surface area contributed by atoms with Gasteiger partial charge in [-0.2, -0.15) is 5.10 Å². The topological polar surface area (TPSA) is 70.4 Å². The SMILES string of the molecule is Cc1ccc(CN(CCCO)C(=O)NC(C)c2c(C)nn(C)c2C)s1. The monoisotopic (exact) mass is 364 g/mol. The molecule has 0 radical (unpaired) electrons. The van der Waals surface area contributed by atoms with Gasteiger partial charge in [-0.3, -0.25) is 4.68 Å². The van der Waals surface area contributed by atoms with Gasteiger partial charge in [-0.05, 0) is 46.2 Å². The van der Waals surface area contributed by atoms with Crippen LogP contribution in [0.25, 0.3) is 0 Å². The highest BCUT2D eigenvalue weighted by Crippen LogP contribution is 2.22. The summed E-state index contributed by atoms with van der Waals surface area (Å²) in [6.45, 7) is 9.17. The second-order valence-electron chi connectivity index (χ2n) is 6.39. The number of carbonyl (C=O) groups excluding carboxylic acids is 1. The molecule has 0 fully saturated rings. The van der Waals surface area contributed by atoms with Crippen LogP contribution in [0, 0.1) is 20.8 Å². The smallest absolute Gasteiger partial charge is 0.318 e. The Morgan fingerprint density at radius 3 is 2.64 bits per heavy atom. The number of aromatic nitrogens is 2. The molecule has 0 bridgehead atoms. The third-order valence-electron chi connectivity index (χ3n) is 4.35. The van der Waals surface area contributed by atoms with Gasteiger partial charge in [-0.15, -0.1) is 11.3 Å². The molecule has 0 aliphatic carbocycles. The highest BCUT2D eigenvalue weighted by molar-refractivity contribution is 7.11. The molecule has 6 nitrogen and oxygen atoms in total. The predicted octanol–water partition coefficient (Wildman–Crippen LogP) is 3.06. The molecule has 0 aliphatic rings. The highest BCUT2D eigenvalue weighted by atomic mass is 32.1. The van der Waals surface area contributed by atoms with E-state index in [-0.39, 0.29) is 18.7 Å². The van der Waals surface area contributed by atoms with Gasteiger partial charge in [0, 0.05) is 41.2 Å². The number of aliphatic hydroxyl groups is 1. The van der Waals surface area contributed by atoms with Crippen molar-refractivity contribution < 1.29 is 9.90 Å². The van der Waals surface area contributed by atoms with Crippen LogP contribution in [0.15, 0.2) is 12.1 Å². The van der Waals surface area contributed by atoms with Crippen molar-refractivity contribution in [2.24, 2.45) is 7.05 Å². The maximum Gasteiger partial charge on any atom is 0.318 e. The second kappa shape index (κ2) is 8.49. The molecule has 2 amide bonds. The standard InChI is InChI=1S/C18H28N4O2S/c1-12-7-8-16(25-12)11-22(9-6-10-23)18(24)19-13(2)17-14(3)20-21(5)15(17)4/h7-8,13,23H,6,9-11H2,1-5H3,(H,19,24). The molecule has 25 heavy (non-hydrogen) atoms. The van der Waals surface area contributed by atoms with Crippen LogP contribution in [0.5, 0.6) is 0 Å². The normalized spacial score (nSPS) is 12.2. The summed E-state index contributed by atoms with van der Waals surface area (Å²) in [5.74, 6) is 0. The molecular weight excluding hydrogens is 336 g/mol. The molecule has 1 unspecified atom stereocenters. The fourth-order valence-corrected chi connectivity index (χ4v) is 3.94. The number of hydrogen-bond acceptors (Lipinski definition) is 4. The lowest BCUT2D eigenvalue weighted by molar-refractivity contribution is 0.184. The van der Waals surface area contributed by atoms with Crippen molar-refractivity contribution >= 4 is 17.4 Å². The van der Waals surface area contributed by atoms with Crippen LogP contribution < -0.4 is 5.32 Å². The van der Waals surface area contributed by atoms with Crippen molar-refractivity contribution in [1.82, 2.24) is 20.0 Å². The van der Waals surface area contributed by atoms with Crippen molar-refractivity contribution in [2.45, 2.75) is 46.7 Å². The zero-order chi connectivity index (χ0) is 18.6. The van der Waals surface area contributed by atoms with Gasteiger partial charge in [0.15, 0.2) is 0 Å². The fraction of sp³-hybridized carbons (Fsp3) is 0.556. The summed E-state index contributed by atoms with van der Waals surface area (Å²) in [5, 5.41) is 16.6. The van der Waals surface area contributed by atoms with Crippen LogP contribution in [-0.4, -0.2) is 39.0 Å². The molecule has 2 N–H and O–H groups in total. The van der Waals surface area contributed by atoms with Gasteiger partial charge < -0.3 is 15.3 Å². The molecule has 2 aromatic heterocycles. The van der Waals surface area contributed by atoms with Crippen molar-refractivity contribution in [3.05, 3.63) is 38.8 Å². The first-order valence-corrected chi connectivity index (χ1v) is 9.36. The maximum absolute atomic E-state index is 12.8.